The quantitative estimate of drug-likeness (QED) is 0.757. The summed E-state index contributed by atoms with van der Waals surface area (Å²) in [6.45, 7) is 10.8. The van der Waals surface area contributed by atoms with E-state index in [0.717, 1.165) is 18.8 Å². The number of hydrogen-bond donors (Lipinski definition) is 2. The molecule has 1 heterocycles. The van der Waals surface area contributed by atoms with Gasteiger partial charge in [0, 0.05) is 19.1 Å². The normalized spacial score (nSPS) is 15.7. The van der Waals surface area contributed by atoms with Crippen LogP contribution in [0.1, 0.15) is 46.2 Å². The molecule has 2 rings (SSSR count). The molecule has 0 spiro atoms. The van der Waals surface area contributed by atoms with Gasteiger partial charge in [0.1, 0.15) is 6.26 Å². The molecule has 0 aliphatic heterocycles. The van der Waals surface area contributed by atoms with Gasteiger partial charge in [0.05, 0.1) is 5.69 Å². The van der Waals surface area contributed by atoms with E-state index in [1.165, 1.54) is 12.8 Å². The van der Waals surface area contributed by atoms with E-state index in [1.54, 1.807) is 6.26 Å². The predicted octanol–water partition coefficient (Wildman–Crippen LogP) is 3.27. The average molecular weight is 265 g/mol. The molecule has 4 heteroatoms. The summed E-state index contributed by atoms with van der Waals surface area (Å²) < 4.78 is 5.47. The number of hydrogen-bond acceptors (Lipinski definition) is 4. The molecule has 1 aliphatic rings. The van der Waals surface area contributed by atoms with Crippen LogP contribution in [0.4, 0.5) is 6.01 Å². The molecule has 1 aromatic rings. The van der Waals surface area contributed by atoms with Gasteiger partial charge in [-0.2, -0.15) is 4.98 Å². The van der Waals surface area contributed by atoms with Gasteiger partial charge < -0.3 is 15.1 Å². The van der Waals surface area contributed by atoms with Crippen molar-refractivity contribution in [1.29, 1.82) is 0 Å². The molecule has 1 saturated carbocycles. The first-order valence-electron chi connectivity index (χ1n) is 7.48. The van der Waals surface area contributed by atoms with E-state index in [1.807, 2.05) is 0 Å². The van der Waals surface area contributed by atoms with Crippen LogP contribution in [-0.2, 0) is 6.54 Å². The van der Waals surface area contributed by atoms with Crippen molar-refractivity contribution >= 4 is 6.01 Å². The average Bonchev–Trinajstić information content (AvgIpc) is 3.06. The Morgan fingerprint density at radius 3 is 2.53 bits per heavy atom. The lowest BCUT2D eigenvalue weighted by Gasteiger charge is -2.24. The number of nitrogens with zero attached hydrogens (tertiary/aromatic N) is 1. The molecule has 0 saturated heterocycles. The summed E-state index contributed by atoms with van der Waals surface area (Å²) in [7, 11) is 0. The highest BCUT2D eigenvalue weighted by Crippen LogP contribution is 2.22. The molecule has 0 radical (unpaired) electrons. The van der Waals surface area contributed by atoms with Crippen LogP contribution in [0.2, 0.25) is 0 Å². The minimum Gasteiger partial charge on any atom is -0.432 e. The Kier molecular flexibility index (Phi) is 4.86. The first kappa shape index (κ1) is 14.4. The van der Waals surface area contributed by atoms with Crippen LogP contribution in [0.3, 0.4) is 0 Å². The summed E-state index contributed by atoms with van der Waals surface area (Å²) in [4.78, 5) is 4.46. The van der Waals surface area contributed by atoms with E-state index in [4.69, 9.17) is 4.42 Å². The van der Waals surface area contributed by atoms with E-state index < -0.39 is 0 Å². The highest BCUT2D eigenvalue weighted by Gasteiger charge is 2.21. The van der Waals surface area contributed by atoms with Crippen molar-refractivity contribution in [2.45, 2.75) is 53.1 Å². The zero-order chi connectivity index (χ0) is 13.8. The summed E-state index contributed by atoms with van der Waals surface area (Å²) >= 11 is 0. The Morgan fingerprint density at radius 2 is 1.95 bits per heavy atom. The highest BCUT2D eigenvalue weighted by atomic mass is 16.4. The lowest BCUT2D eigenvalue weighted by molar-refractivity contribution is 0.302. The number of oxazole rings is 1. The van der Waals surface area contributed by atoms with E-state index in [9.17, 15) is 0 Å². The summed E-state index contributed by atoms with van der Waals surface area (Å²) in [5.74, 6) is 1.97. The molecular formula is C15H27N3O. The maximum atomic E-state index is 5.47. The second-order valence-electron chi connectivity index (χ2n) is 6.33. The Morgan fingerprint density at radius 1 is 1.26 bits per heavy atom. The largest absolute Gasteiger partial charge is 0.432 e. The molecule has 1 aliphatic carbocycles. The fourth-order valence-electron chi connectivity index (χ4n) is 2.45. The van der Waals surface area contributed by atoms with Gasteiger partial charge >= 0.3 is 0 Å². The molecule has 4 nitrogen and oxygen atoms in total. The number of rotatable bonds is 8. The summed E-state index contributed by atoms with van der Waals surface area (Å²) in [5, 5.41) is 6.76. The third-order valence-electron chi connectivity index (χ3n) is 3.90. The molecule has 108 valence electrons. The van der Waals surface area contributed by atoms with Gasteiger partial charge in [-0.1, -0.05) is 27.7 Å². The molecule has 0 bridgehead atoms. The van der Waals surface area contributed by atoms with Crippen LogP contribution < -0.4 is 10.6 Å². The van der Waals surface area contributed by atoms with Crippen LogP contribution in [0.5, 0.6) is 0 Å². The third kappa shape index (κ3) is 4.53. The molecular weight excluding hydrogens is 238 g/mol. The maximum Gasteiger partial charge on any atom is 0.294 e. The second-order valence-corrected chi connectivity index (χ2v) is 6.33. The first-order valence-corrected chi connectivity index (χ1v) is 7.48. The lowest BCUT2D eigenvalue weighted by atomic mass is 9.85. The Bertz CT molecular complexity index is 374. The standard InChI is InChI=1S/C15H27N3O/c1-10(2)14(11(3)4)8-17-15-18-13(9-19-15)7-16-12-5-6-12/h9-12,14,16H,5-8H2,1-4H3,(H,17,18). The van der Waals surface area contributed by atoms with Gasteiger partial charge in [0.15, 0.2) is 0 Å². The lowest BCUT2D eigenvalue weighted by Crippen LogP contribution is -2.24. The van der Waals surface area contributed by atoms with Gasteiger partial charge in [0.2, 0.25) is 0 Å². The van der Waals surface area contributed by atoms with Crippen molar-refractivity contribution in [3.63, 3.8) is 0 Å². The summed E-state index contributed by atoms with van der Waals surface area (Å²) in [6, 6.07) is 1.36. The van der Waals surface area contributed by atoms with Crippen LogP contribution in [0.15, 0.2) is 10.7 Å². The fraction of sp³-hybridized carbons (Fsp3) is 0.800. The molecule has 1 aromatic heterocycles. The van der Waals surface area contributed by atoms with E-state index in [2.05, 4.69) is 43.3 Å². The zero-order valence-electron chi connectivity index (χ0n) is 12.6. The van der Waals surface area contributed by atoms with Gasteiger partial charge in [0.25, 0.3) is 6.01 Å². The van der Waals surface area contributed by atoms with Crippen LogP contribution in [-0.4, -0.2) is 17.6 Å². The van der Waals surface area contributed by atoms with Crippen molar-refractivity contribution in [3.8, 4) is 0 Å². The van der Waals surface area contributed by atoms with Crippen molar-refractivity contribution in [2.75, 3.05) is 11.9 Å². The van der Waals surface area contributed by atoms with Gasteiger partial charge in [-0.3, -0.25) is 0 Å². The van der Waals surface area contributed by atoms with Crippen molar-refractivity contribution in [3.05, 3.63) is 12.0 Å². The molecule has 1 fully saturated rings. The summed E-state index contributed by atoms with van der Waals surface area (Å²) in [6.07, 6.45) is 4.35. The topological polar surface area (TPSA) is 50.1 Å². The smallest absolute Gasteiger partial charge is 0.294 e. The van der Waals surface area contributed by atoms with Crippen molar-refractivity contribution < 1.29 is 4.42 Å². The number of anilines is 1. The van der Waals surface area contributed by atoms with Gasteiger partial charge in [-0.05, 0) is 30.6 Å². The van der Waals surface area contributed by atoms with Crippen LogP contribution >= 0.6 is 0 Å². The number of nitrogens with one attached hydrogen (secondary N) is 2. The third-order valence-corrected chi connectivity index (χ3v) is 3.90. The molecule has 2 N–H and O–H groups in total. The molecule has 0 unspecified atom stereocenters. The molecule has 0 amide bonds. The molecule has 0 atom stereocenters. The van der Waals surface area contributed by atoms with Crippen LogP contribution in [0, 0.1) is 17.8 Å². The minimum atomic E-state index is 0.639. The highest BCUT2D eigenvalue weighted by molar-refractivity contribution is 5.21. The van der Waals surface area contributed by atoms with Crippen molar-refractivity contribution in [1.82, 2.24) is 10.3 Å². The molecule has 0 aromatic carbocycles. The van der Waals surface area contributed by atoms with Crippen LogP contribution in [0.25, 0.3) is 0 Å². The zero-order valence-corrected chi connectivity index (χ0v) is 12.6. The van der Waals surface area contributed by atoms with E-state index in [-0.39, 0.29) is 0 Å². The van der Waals surface area contributed by atoms with Gasteiger partial charge in [-0.25, -0.2) is 0 Å². The fourth-order valence-corrected chi connectivity index (χ4v) is 2.45. The summed E-state index contributed by atoms with van der Waals surface area (Å²) in [5.41, 5.74) is 0.986. The van der Waals surface area contributed by atoms with Crippen molar-refractivity contribution in [2.24, 2.45) is 17.8 Å². The SMILES string of the molecule is CC(C)C(CNc1nc(CNC2CC2)co1)C(C)C. The van der Waals surface area contributed by atoms with E-state index >= 15 is 0 Å². The Balaban J connectivity index is 1.78. The maximum absolute atomic E-state index is 5.47. The van der Waals surface area contributed by atoms with Gasteiger partial charge in [-0.15, -0.1) is 0 Å². The first-order chi connectivity index (χ1) is 9.06. The monoisotopic (exact) mass is 265 g/mol. The molecule has 19 heavy (non-hydrogen) atoms. The number of aromatic nitrogens is 1. The minimum absolute atomic E-state index is 0.639. The predicted molar refractivity (Wildman–Crippen MR) is 78.0 cm³/mol. The Hall–Kier alpha value is -1.03. The Labute approximate surface area is 116 Å². The second kappa shape index (κ2) is 6.42. The van der Waals surface area contributed by atoms with E-state index in [0.29, 0.717) is 29.8 Å².